The molecule has 0 bridgehead atoms. The zero-order valence-corrected chi connectivity index (χ0v) is 13.4. The average molecular weight is 281 g/mol. The number of benzene rings is 2. The molecule has 0 unspecified atom stereocenters. The Balaban J connectivity index is 2.42. The number of hydrogen-bond donors (Lipinski definition) is 1. The lowest BCUT2D eigenvalue weighted by Crippen LogP contribution is -2.11. The summed E-state index contributed by atoms with van der Waals surface area (Å²) in [6.45, 7) is 10.6. The molecule has 2 rings (SSSR count). The lowest BCUT2D eigenvalue weighted by atomic mass is 9.86. The van der Waals surface area contributed by atoms with Gasteiger partial charge in [-0.2, -0.15) is 0 Å². The minimum atomic E-state index is 0.0505. The Morgan fingerprint density at radius 3 is 2.19 bits per heavy atom. The van der Waals surface area contributed by atoms with Crippen LogP contribution in [0.25, 0.3) is 0 Å². The molecular formula is C19H23NO. The van der Waals surface area contributed by atoms with Crippen molar-refractivity contribution >= 4 is 11.9 Å². The molecule has 0 fully saturated rings. The third kappa shape index (κ3) is 3.52. The number of phenolic OH excluding ortho intramolecular Hbond substituents is 1. The number of aromatic hydroxyl groups is 1. The van der Waals surface area contributed by atoms with Gasteiger partial charge >= 0.3 is 0 Å². The molecule has 21 heavy (non-hydrogen) atoms. The molecule has 0 atom stereocenters. The van der Waals surface area contributed by atoms with Crippen molar-refractivity contribution in [1.82, 2.24) is 0 Å². The first kappa shape index (κ1) is 15.3. The fourth-order valence-electron chi connectivity index (χ4n) is 2.27. The molecule has 2 heteroatoms. The van der Waals surface area contributed by atoms with Crippen LogP contribution < -0.4 is 0 Å². The molecule has 0 aliphatic carbocycles. The summed E-state index contributed by atoms with van der Waals surface area (Å²) in [6, 6.07) is 11.8. The van der Waals surface area contributed by atoms with Gasteiger partial charge in [-0.1, -0.05) is 45.0 Å². The molecule has 0 saturated carbocycles. The predicted octanol–water partition coefficient (Wildman–Crippen LogP) is 5.06. The monoisotopic (exact) mass is 281 g/mol. The third-order valence-electron chi connectivity index (χ3n) is 3.67. The van der Waals surface area contributed by atoms with E-state index in [0.717, 1.165) is 22.4 Å². The quantitative estimate of drug-likeness (QED) is 0.767. The van der Waals surface area contributed by atoms with Crippen molar-refractivity contribution in [3.05, 3.63) is 58.7 Å². The zero-order chi connectivity index (χ0) is 15.6. The van der Waals surface area contributed by atoms with Crippen LogP contribution in [-0.4, -0.2) is 11.3 Å². The van der Waals surface area contributed by atoms with Crippen LogP contribution in [0.15, 0.2) is 41.4 Å². The fraction of sp³-hybridized carbons (Fsp3) is 0.316. The largest absolute Gasteiger partial charge is 0.507 e. The molecule has 0 spiro atoms. The number of hydrogen-bond acceptors (Lipinski definition) is 2. The Kier molecular flexibility index (Phi) is 4.17. The zero-order valence-electron chi connectivity index (χ0n) is 13.4. The van der Waals surface area contributed by atoms with Crippen molar-refractivity contribution in [1.29, 1.82) is 0 Å². The summed E-state index contributed by atoms with van der Waals surface area (Å²) >= 11 is 0. The minimum absolute atomic E-state index is 0.0505. The van der Waals surface area contributed by atoms with Gasteiger partial charge in [-0.25, -0.2) is 0 Å². The lowest BCUT2D eigenvalue weighted by molar-refractivity contribution is 0.473. The van der Waals surface area contributed by atoms with E-state index in [1.165, 1.54) is 5.56 Å². The van der Waals surface area contributed by atoms with Crippen molar-refractivity contribution in [2.24, 2.45) is 4.99 Å². The number of rotatable bonds is 2. The molecule has 0 radical (unpaired) electrons. The predicted molar refractivity (Wildman–Crippen MR) is 90.0 cm³/mol. The van der Waals surface area contributed by atoms with Gasteiger partial charge in [0.25, 0.3) is 0 Å². The first-order valence-corrected chi connectivity index (χ1v) is 7.23. The van der Waals surface area contributed by atoms with E-state index in [1.807, 2.05) is 44.2 Å². The second-order valence-electron chi connectivity index (χ2n) is 6.52. The van der Waals surface area contributed by atoms with Gasteiger partial charge < -0.3 is 5.11 Å². The van der Waals surface area contributed by atoms with E-state index in [1.54, 1.807) is 12.3 Å². The Labute approximate surface area is 127 Å². The molecule has 0 saturated heterocycles. The topological polar surface area (TPSA) is 32.6 Å². The summed E-state index contributed by atoms with van der Waals surface area (Å²) in [7, 11) is 0. The van der Waals surface area contributed by atoms with E-state index in [2.05, 4.69) is 25.8 Å². The van der Waals surface area contributed by atoms with Gasteiger partial charge in [-0.3, -0.25) is 4.99 Å². The molecule has 2 aromatic rings. The molecule has 110 valence electrons. The van der Waals surface area contributed by atoms with Crippen LogP contribution in [0.1, 0.15) is 43.0 Å². The molecule has 0 amide bonds. The highest BCUT2D eigenvalue weighted by atomic mass is 16.3. The Morgan fingerprint density at radius 2 is 1.62 bits per heavy atom. The molecular weight excluding hydrogens is 258 g/mol. The molecule has 2 aromatic carbocycles. The number of para-hydroxylation sites is 1. The second kappa shape index (κ2) is 5.72. The highest BCUT2D eigenvalue weighted by Gasteiger charge is 2.14. The summed E-state index contributed by atoms with van der Waals surface area (Å²) in [4.78, 5) is 4.57. The maximum Gasteiger partial charge on any atom is 0.124 e. The maximum atomic E-state index is 10.0. The van der Waals surface area contributed by atoms with E-state index in [4.69, 9.17) is 0 Å². The number of nitrogens with zero attached hydrogens (tertiary/aromatic N) is 1. The van der Waals surface area contributed by atoms with E-state index in [9.17, 15) is 5.11 Å². The van der Waals surface area contributed by atoms with Gasteiger partial charge in [0.1, 0.15) is 5.75 Å². The second-order valence-corrected chi connectivity index (χ2v) is 6.52. The van der Waals surface area contributed by atoms with E-state index in [0.29, 0.717) is 0 Å². The highest BCUT2D eigenvalue weighted by molar-refractivity contribution is 5.86. The maximum absolute atomic E-state index is 10.0. The first-order valence-electron chi connectivity index (χ1n) is 7.23. The Morgan fingerprint density at radius 1 is 1.00 bits per heavy atom. The van der Waals surface area contributed by atoms with Crippen molar-refractivity contribution in [2.45, 2.75) is 40.0 Å². The van der Waals surface area contributed by atoms with Crippen LogP contribution in [-0.2, 0) is 5.41 Å². The fourth-order valence-corrected chi connectivity index (χ4v) is 2.27. The molecule has 2 nitrogen and oxygen atoms in total. The van der Waals surface area contributed by atoms with Crippen molar-refractivity contribution in [3.63, 3.8) is 0 Å². The first-order chi connectivity index (χ1) is 9.79. The Hall–Kier alpha value is -2.09. The van der Waals surface area contributed by atoms with Crippen LogP contribution in [0, 0.1) is 13.8 Å². The SMILES string of the molecule is Cc1cccc(C)c1/N=C/c1cc(C(C)(C)C)ccc1O. The highest BCUT2D eigenvalue weighted by Crippen LogP contribution is 2.28. The molecule has 0 aromatic heterocycles. The third-order valence-corrected chi connectivity index (χ3v) is 3.67. The summed E-state index contributed by atoms with van der Waals surface area (Å²) in [6.07, 6.45) is 1.75. The molecule has 1 N–H and O–H groups in total. The summed E-state index contributed by atoms with van der Waals surface area (Å²) < 4.78 is 0. The standard InChI is InChI=1S/C19H23NO/c1-13-7-6-8-14(2)18(13)20-12-15-11-16(19(3,4)5)9-10-17(15)21/h6-12,21H,1-5H3/b20-12+. The van der Waals surface area contributed by atoms with E-state index in [-0.39, 0.29) is 11.2 Å². The average Bonchev–Trinajstić information content (AvgIpc) is 2.38. The van der Waals surface area contributed by atoms with Gasteiger partial charge in [0.15, 0.2) is 0 Å². The van der Waals surface area contributed by atoms with E-state index < -0.39 is 0 Å². The summed E-state index contributed by atoms with van der Waals surface area (Å²) in [5, 5.41) is 10.0. The molecule has 0 heterocycles. The Bertz CT molecular complexity index is 658. The summed E-state index contributed by atoms with van der Waals surface area (Å²) in [5.41, 5.74) is 5.23. The lowest BCUT2D eigenvalue weighted by Gasteiger charge is -2.19. The van der Waals surface area contributed by atoms with Crippen LogP contribution >= 0.6 is 0 Å². The van der Waals surface area contributed by atoms with Gasteiger partial charge in [0.2, 0.25) is 0 Å². The van der Waals surface area contributed by atoms with Crippen LogP contribution in [0.5, 0.6) is 5.75 Å². The van der Waals surface area contributed by atoms with Gasteiger partial charge in [0.05, 0.1) is 5.69 Å². The van der Waals surface area contributed by atoms with Gasteiger partial charge in [0, 0.05) is 11.8 Å². The number of aryl methyl sites for hydroxylation is 2. The smallest absolute Gasteiger partial charge is 0.124 e. The van der Waals surface area contributed by atoms with Gasteiger partial charge in [-0.05, 0) is 48.1 Å². The van der Waals surface area contributed by atoms with Crippen LogP contribution in [0.2, 0.25) is 0 Å². The van der Waals surface area contributed by atoms with Crippen LogP contribution in [0.3, 0.4) is 0 Å². The van der Waals surface area contributed by atoms with E-state index >= 15 is 0 Å². The van der Waals surface area contributed by atoms with Gasteiger partial charge in [-0.15, -0.1) is 0 Å². The number of aliphatic imine (C=N–C) groups is 1. The number of phenols is 1. The van der Waals surface area contributed by atoms with Crippen LogP contribution in [0.4, 0.5) is 5.69 Å². The van der Waals surface area contributed by atoms with Crippen molar-refractivity contribution < 1.29 is 5.11 Å². The summed E-state index contributed by atoms with van der Waals surface area (Å²) in [5.74, 6) is 0.262. The van der Waals surface area contributed by atoms with Crippen molar-refractivity contribution in [2.75, 3.05) is 0 Å². The molecule has 0 aliphatic heterocycles. The van der Waals surface area contributed by atoms with Crippen molar-refractivity contribution in [3.8, 4) is 5.75 Å². The molecule has 0 aliphatic rings. The normalized spacial score (nSPS) is 12.0. The minimum Gasteiger partial charge on any atom is -0.507 e.